The Balaban J connectivity index is 1.71. The lowest BCUT2D eigenvalue weighted by Crippen LogP contribution is -2.55. The number of carbonyl (C=O) groups excluding carboxylic acids is 1. The number of anilines is 1. The van der Waals surface area contributed by atoms with Crippen molar-refractivity contribution in [3.8, 4) is 6.07 Å². The number of benzene rings is 2. The van der Waals surface area contributed by atoms with Crippen LogP contribution in [0.15, 0.2) is 53.4 Å². The predicted octanol–water partition coefficient (Wildman–Crippen LogP) is 2.45. The third-order valence-corrected chi connectivity index (χ3v) is 7.43. The molecule has 0 saturated carbocycles. The van der Waals surface area contributed by atoms with E-state index in [1.54, 1.807) is 35.2 Å². The number of halogens is 1. The standard InChI is InChI=1S/C22H25FN4O3S2/c1-31-15-10-20(25-32(29,30)17-6-3-2-4-7-17)22(28)27-13-11-26(12-14-27)21-9-5-8-19(23)18(21)16-24/h2-9,20,25H,10-15H2,1H3. The second-order valence-corrected chi connectivity index (χ2v) is 10.0. The van der Waals surface area contributed by atoms with Gasteiger partial charge < -0.3 is 9.80 Å². The Labute approximate surface area is 192 Å². The van der Waals surface area contributed by atoms with E-state index in [0.717, 1.165) is 0 Å². The highest BCUT2D eigenvalue weighted by molar-refractivity contribution is 7.98. The van der Waals surface area contributed by atoms with Gasteiger partial charge >= 0.3 is 0 Å². The van der Waals surface area contributed by atoms with Crippen molar-refractivity contribution in [1.29, 1.82) is 5.26 Å². The zero-order valence-electron chi connectivity index (χ0n) is 17.7. The number of nitrogens with zero attached hydrogens (tertiary/aromatic N) is 3. The Morgan fingerprint density at radius 2 is 1.84 bits per heavy atom. The molecule has 1 unspecified atom stereocenters. The molecular weight excluding hydrogens is 451 g/mol. The topological polar surface area (TPSA) is 93.5 Å². The van der Waals surface area contributed by atoms with Crippen molar-refractivity contribution in [2.75, 3.05) is 43.1 Å². The quantitative estimate of drug-likeness (QED) is 0.629. The summed E-state index contributed by atoms with van der Waals surface area (Å²) in [6, 6.07) is 13.5. The van der Waals surface area contributed by atoms with Crippen molar-refractivity contribution in [2.24, 2.45) is 0 Å². The van der Waals surface area contributed by atoms with Gasteiger partial charge in [0.05, 0.1) is 10.6 Å². The monoisotopic (exact) mass is 476 g/mol. The lowest BCUT2D eigenvalue weighted by Gasteiger charge is -2.38. The second-order valence-electron chi connectivity index (χ2n) is 7.33. The van der Waals surface area contributed by atoms with Crippen LogP contribution in [0.3, 0.4) is 0 Å². The van der Waals surface area contributed by atoms with E-state index in [1.165, 1.54) is 30.0 Å². The van der Waals surface area contributed by atoms with Crippen LogP contribution < -0.4 is 9.62 Å². The lowest BCUT2D eigenvalue weighted by atomic mass is 10.1. The van der Waals surface area contributed by atoms with Crippen molar-refractivity contribution in [1.82, 2.24) is 9.62 Å². The van der Waals surface area contributed by atoms with Crippen LogP contribution in [0.4, 0.5) is 10.1 Å². The molecule has 170 valence electrons. The van der Waals surface area contributed by atoms with Crippen molar-refractivity contribution in [3.63, 3.8) is 0 Å². The Kier molecular flexibility index (Phi) is 8.12. The highest BCUT2D eigenvalue weighted by Crippen LogP contribution is 2.24. The van der Waals surface area contributed by atoms with Gasteiger partial charge in [-0.05, 0) is 42.7 Å². The molecule has 1 atom stereocenters. The first kappa shape index (κ1) is 24.0. The van der Waals surface area contributed by atoms with Crippen molar-refractivity contribution < 1.29 is 17.6 Å². The molecule has 0 aromatic heterocycles. The van der Waals surface area contributed by atoms with Gasteiger partial charge in [0.15, 0.2) is 0 Å². The van der Waals surface area contributed by atoms with Crippen LogP contribution in [0.5, 0.6) is 0 Å². The van der Waals surface area contributed by atoms with Crippen molar-refractivity contribution in [3.05, 3.63) is 59.9 Å². The van der Waals surface area contributed by atoms with Gasteiger partial charge in [0.1, 0.15) is 23.5 Å². The van der Waals surface area contributed by atoms with E-state index >= 15 is 0 Å². The largest absolute Gasteiger partial charge is 0.367 e. The molecule has 0 aliphatic carbocycles. The molecule has 0 bridgehead atoms. The molecular formula is C22H25FN4O3S2. The van der Waals surface area contributed by atoms with E-state index < -0.39 is 21.9 Å². The van der Waals surface area contributed by atoms with Gasteiger partial charge in [-0.1, -0.05) is 24.3 Å². The number of hydrogen-bond acceptors (Lipinski definition) is 6. The maximum atomic E-state index is 14.0. The maximum absolute atomic E-state index is 14.0. The minimum atomic E-state index is -3.84. The Hall–Kier alpha value is -2.61. The summed E-state index contributed by atoms with van der Waals surface area (Å²) < 4.78 is 42.1. The third kappa shape index (κ3) is 5.59. The van der Waals surface area contributed by atoms with Gasteiger partial charge in [0, 0.05) is 26.2 Å². The first-order valence-corrected chi connectivity index (χ1v) is 13.0. The zero-order chi connectivity index (χ0) is 23.1. The molecule has 1 N–H and O–H groups in total. The smallest absolute Gasteiger partial charge is 0.241 e. The number of rotatable bonds is 8. The fourth-order valence-corrected chi connectivity index (χ4v) is 5.31. The molecule has 0 spiro atoms. The fraction of sp³-hybridized carbons (Fsp3) is 0.364. The van der Waals surface area contributed by atoms with Crippen molar-refractivity contribution >= 4 is 33.4 Å². The van der Waals surface area contributed by atoms with Gasteiger partial charge in [0.2, 0.25) is 15.9 Å². The highest BCUT2D eigenvalue weighted by atomic mass is 32.2. The van der Waals surface area contributed by atoms with Crippen LogP contribution in [0.1, 0.15) is 12.0 Å². The van der Waals surface area contributed by atoms with Gasteiger partial charge in [-0.2, -0.15) is 21.7 Å². The molecule has 1 aliphatic rings. The fourth-order valence-electron chi connectivity index (χ4n) is 3.60. The van der Waals surface area contributed by atoms with Crippen LogP contribution in [0.25, 0.3) is 0 Å². The summed E-state index contributed by atoms with van der Waals surface area (Å²) in [4.78, 5) is 16.8. The van der Waals surface area contributed by atoms with E-state index in [0.29, 0.717) is 44.0 Å². The summed E-state index contributed by atoms with van der Waals surface area (Å²) in [5, 5.41) is 9.28. The number of nitrogens with one attached hydrogen (secondary N) is 1. The molecule has 7 nitrogen and oxygen atoms in total. The van der Waals surface area contributed by atoms with Crippen LogP contribution in [-0.4, -0.2) is 63.5 Å². The average Bonchev–Trinajstić information content (AvgIpc) is 2.81. The molecule has 10 heteroatoms. The number of thioether (sulfide) groups is 1. The Morgan fingerprint density at radius 1 is 1.16 bits per heavy atom. The first-order chi connectivity index (χ1) is 15.4. The number of hydrogen-bond donors (Lipinski definition) is 1. The summed E-state index contributed by atoms with van der Waals surface area (Å²) in [6.45, 7) is 1.54. The van der Waals surface area contributed by atoms with E-state index in [1.807, 2.05) is 17.2 Å². The average molecular weight is 477 g/mol. The van der Waals surface area contributed by atoms with E-state index in [9.17, 15) is 22.9 Å². The molecule has 0 radical (unpaired) electrons. The first-order valence-electron chi connectivity index (χ1n) is 10.2. The van der Waals surface area contributed by atoms with Crippen LogP contribution >= 0.6 is 11.8 Å². The SMILES string of the molecule is CSCCC(NS(=O)(=O)c1ccccc1)C(=O)N1CCN(c2cccc(F)c2C#N)CC1. The number of amides is 1. The summed E-state index contributed by atoms with van der Waals surface area (Å²) in [7, 11) is -3.84. The minimum absolute atomic E-state index is 0.0132. The predicted molar refractivity (Wildman–Crippen MR) is 123 cm³/mol. The van der Waals surface area contributed by atoms with Gasteiger partial charge in [-0.3, -0.25) is 4.79 Å². The Morgan fingerprint density at radius 3 is 2.47 bits per heavy atom. The third-order valence-electron chi connectivity index (χ3n) is 5.30. The Bertz CT molecular complexity index is 1080. The zero-order valence-corrected chi connectivity index (χ0v) is 19.3. The van der Waals surface area contributed by atoms with Crippen LogP contribution in [0.2, 0.25) is 0 Å². The second kappa shape index (κ2) is 10.8. The number of sulfonamides is 1. The molecule has 3 rings (SSSR count). The number of nitriles is 1. The summed E-state index contributed by atoms with van der Waals surface area (Å²) >= 11 is 1.54. The van der Waals surface area contributed by atoms with Crippen LogP contribution in [-0.2, 0) is 14.8 Å². The van der Waals surface area contributed by atoms with Crippen molar-refractivity contribution in [2.45, 2.75) is 17.4 Å². The summed E-state index contributed by atoms with van der Waals surface area (Å²) in [5.41, 5.74) is 0.490. The normalized spacial score (nSPS) is 15.3. The van der Waals surface area contributed by atoms with Crippen LogP contribution in [0, 0.1) is 17.1 Å². The molecule has 1 saturated heterocycles. The van der Waals surface area contributed by atoms with Gasteiger partial charge in [-0.25, -0.2) is 12.8 Å². The maximum Gasteiger partial charge on any atom is 0.241 e. The lowest BCUT2D eigenvalue weighted by molar-refractivity contribution is -0.133. The molecule has 1 amide bonds. The molecule has 1 aliphatic heterocycles. The minimum Gasteiger partial charge on any atom is -0.367 e. The van der Waals surface area contributed by atoms with Gasteiger partial charge in [0.25, 0.3) is 0 Å². The molecule has 1 fully saturated rings. The molecule has 32 heavy (non-hydrogen) atoms. The van der Waals surface area contributed by atoms with Gasteiger partial charge in [-0.15, -0.1) is 0 Å². The van der Waals surface area contributed by atoms with E-state index in [4.69, 9.17) is 0 Å². The molecule has 1 heterocycles. The number of carbonyl (C=O) groups is 1. The highest BCUT2D eigenvalue weighted by Gasteiger charge is 2.31. The summed E-state index contributed by atoms with van der Waals surface area (Å²) in [5.74, 6) is -0.225. The number of piperazine rings is 1. The molecule has 2 aromatic carbocycles. The summed E-state index contributed by atoms with van der Waals surface area (Å²) in [6.07, 6.45) is 2.27. The molecule has 2 aromatic rings. The van der Waals surface area contributed by atoms with E-state index in [-0.39, 0.29) is 16.4 Å². The van der Waals surface area contributed by atoms with E-state index in [2.05, 4.69) is 4.72 Å².